The van der Waals surface area contributed by atoms with Crippen molar-refractivity contribution in [1.29, 1.82) is 5.26 Å². The third-order valence-electron chi connectivity index (χ3n) is 2.23. The molecule has 0 saturated heterocycles. The van der Waals surface area contributed by atoms with Crippen molar-refractivity contribution in [3.05, 3.63) is 0 Å². The summed E-state index contributed by atoms with van der Waals surface area (Å²) in [6, 6.07) is 0.623. The van der Waals surface area contributed by atoms with Gasteiger partial charge in [-0.15, -0.1) is 0 Å². The van der Waals surface area contributed by atoms with Gasteiger partial charge in [-0.25, -0.2) is 4.79 Å². The first-order chi connectivity index (χ1) is 9.04. The molecule has 2 N–H and O–H groups in total. The molecule has 0 rings (SSSR count). The van der Waals surface area contributed by atoms with Crippen molar-refractivity contribution in [2.45, 2.75) is 38.8 Å². The van der Waals surface area contributed by atoms with Crippen LogP contribution in [0.2, 0.25) is 0 Å². The molecular weight excluding hydrogens is 266 g/mol. The van der Waals surface area contributed by atoms with Crippen molar-refractivity contribution < 1.29 is 14.3 Å². The average molecular weight is 287 g/mol. The zero-order valence-electron chi connectivity index (χ0n) is 11.6. The van der Waals surface area contributed by atoms with E-state index in [1.54, 1.807) is 6.92 Å². The SMILES string of the molecule is CCCCOC(=O)NC(CSC)C(=O)NC(C)C#N. The van der Waals surface area contributed by atoms with Crippen LogP contribution in [-0.4, -0.2) is 42.7 Å². The largest absolute Gasteiger partial charge is 0.450 e. The Hall–Kier alpha value is -1.42. The van der Waals surface area contributed by atoms with Gasteiger partial charge in [0, 0.05) is 5.75 Å². The minimum absolute atomic E-state index is 0.338. The molecule has 2 unspecified atom stereocenters. The molecule has 7 heteroatoms. The molecule has 108 valence electrons. The summed E-state index contributed by atoms with van der Waals surface area (Å²) in [5, 5.41) is 13.6. The maximum Gasteiger partial charge on any atom is 0.407 e. The van der Waals surface area contributed by atoms with Crippen LogP contribution in [0.5, 0.6) is 0 Å². The lowest BCUT2D eigenvalue weighted by Gasteiger charge is -2.18. The topological polar surface area (TPSA) is 91.2 Å². The summed E-state index contributed by atoms with van der Waals surface area (Å²) < 4.78 is 4.94. The van der Waals surface area contributed by atoms with Gasteiger partial charge >= 0.3 is 6.09 Å². The van der Waals surface area contributed by atoms with Gasteiger partial charge in [-0.2, -0.15) is 17.0 Å². The van der Waals surface area contributed by atoms with E-state index in [4.69, 9.17) is 10.00 Å². The normalized spacial score (nSPS) is 12.9. The lowest BCUT2D eigenvalue weighted by molar-refractivity contribution is -0.122. The predicted octanol–water partition coefficient (Wildman–Crippen LogP) is 1.27. The summed E-state index contributed by atoms with van der Waals surface area (Å²) in [5.74, 6) is 0.0446. The molecule has 0 bridgehead atoms. The number of rotatable bonds is 8. The number of thioether (sulfide) groups is 1. The molecule has 2 atom stereocenters. The minimum atomic E-state index is -0.695. The van der Waals surface area contributed by atoms with Crippen molar-refractivity contribution in [3.8, 4) is 6.07 Å². The molecule has 19 heavy (non-hydrogen) atoms. The summed E-state index contributed by atoms with van der Waals surface area (Å²) >= 11 is 1.43. The van der Waals surface area contributed by atoms with E-state index in [0.717, 1.165) is 12.8 Å². The van der Waals surface area contributed by atoms with Gasteiger partial charge in [0.15, 0.2) is 0 Å². The third-order valence-corrected chi connectivity index (χ3v) is 2.89. The van der Waals surface area contributed by atoms with E-state index >= 15 is 0 Å². The highest BCUT2D eigenvalue weighted by Crippen LogP contribution is 1.99. The van der Waals surface area contributed by atoms with Gasteiger partial charge in [0.1, 0.15) is 12.1 Å². The number of carbonyl (C=O) groups is 2. The van der Waals surface area contributed by atoms with Crippen molar-refractivity contribution >= 4 is 23.8 Å². The lowest BCUT2D eigenvalue weighted by atomic mass is 10.3. The van der Waals surface area contributed by atoms with E-state index in [9.17, 15) is 9.59 Å². The van der Waals surface area contributed by atoms with E-state index in [2.05, 4.69) is 10.6 Å². The molecule has 0 spiro atoms. The first kappa shape index (κ1) is 17.6. The summed E-state index contributed by atoms with van der Waals surface area (Å²) in [4.78, 5) is 23.3. The highest BCUT2D eigenvalue weighted by atomic mass is 32.2. The number of nitrogens with one attached hydrogen (secondary N) is 2. The highest BCUT2D eigenvalue weighted by molar-refractivity contribution is 7.98. The number of ether oxygens (including phenoxy) is 1. The summed E-state index contributed by atoms with van der Waals surface area (Å²) in [6.45, 7) is 3.91. The van der Waals surface area contributed by atoms with E-state index in [1.165, 1.54) is 11.8 Å². The standard InChI is InChI=1S/C12H21N3O3S/c1-4-5-6-18-12(17)15-10(8-19-3)11(16)14-9(2)7-13/h9-10H,4-6,8H2,1-3H3,(H,14,16)(H,15,17). The monoisotopic (exact) mass is 287 g/mol. The first-order valence-corrected chi connectivity index (χ1v) is 7.56. The van der Waals surface area contributed by atoms with E-state index in [1.807, 2.05) is 19.2 Å². The van der Waals surface area contributed by atoms with Crippen molar-refractivity contribution in [2.24, 2.45) is 0 Å². The number of nitrogens with zero attached hydrogens (tertiary/aromatic N) is 1. The molecule has 0 saturated carbocycles. The number of amides is 2. The number of carbonyl (C=O) groups excluding carboxylic acids is 2. The van der Waals surface area contributed by atoms with Crippen LogP contribution in [-0.2, 0) is 9.53 Å². The zero-order chi connectivity index (χ0) is 14.7. The Morgan fingerprint density at radius 2 is 2.11 bits per heavy atom. The molecule has 0 aromatic rings. The Morgan fingerprint density at radius 1 is 1.42 bits per heavy atom. The number of nitriles is 1. The highest BCUT2D eigenvalue weighted by Gasteiger charge is 2.22. The van der Waals surface area contributed by atoms with Crippen molar-refractivity contribution in [2.75, 3.05) is 18.6 Å². The van der Waals surface area contributed by atoms with Crippen LogP contribution in [0.3, 0.4) is 0 Å². The molecule has 0 aromatic carbocycles. The van der Waals surface area contributed by atoms with Gasteiger partial charge in [0.25, 0.3) is 0 Å². The van der Waals surface area contributed by atoms with Crippen LogP contribution in [0.15, 0.2) is 0 Å². The molecule has 2 amide bonds. The first-order valence-electron chi connectivity index (χ1n) is 6.17. The molecule has 6 nitrogen and oxygen atoms in total. The fourth-order valence-corrected chi connectivity index (χ4v) is 1.76. The van der Waals surface area contributed by atoms with Crippen LogP contribution < -0.4 is 10.6 Å². The predicted molar refractivity (Wildman–Crippen MR) is 74.8 cm³/mol. The number of hydrogen-bond donors (Lipinski definition) is 2. The van der Waals surface area contributed by atoms with Crippen molar-refractivity contribution in [3.63, 3.8) is 0 Å². The van der Waals surface area contributed by atoms with Gasteiger partial charge in [0.2, 0.25) is 5.91 Å². The molecule has 0 aliphatic carbocycles. The van der Waals surface area contributed by atoms with Gasteiger partial charge in [-0.05, 0) is 19.6 Å². The summed E-state index contributed by atoms with van der Waals surface area (Å²) in [6.07, 6.45) is 2.95. The van der Waals surface area contributed by atoms with Crippen LogP contribution in [0.1, 0.15) is 26.7 Å². The Labute approximate surface area is 118 Å². The molecule has 0 heterocycles. The number of unbranched alkanes of at least 4 members (excludes halogenated alkanes) is 1. The molecular formula is C12H21N3O3S. The Bertz CT molecular complexity index is 331. The van der Waals surface area contributed by atoms with E-state index < -0.39 is 18.2 Å². The smallest absolute Gasteiger partial charge is 0.407 e. The molecule has 0 radical (unpaired) electrons. The number of hydrogen-bond acceptors (Lipinski definition) is 5. The Kier molecular flexibility index (Phi) is 9.71. The van der Waals surface area contributed by atoms with Crippen LogP contribution in [0, 0.1) is 11.3 Å². The fourth-order valence-electron chi connectivity index (χ4n) is 1.19. The fraction of sp³-hybridized carbons (Fsp3) is 0.750. The molecule has 0 aliphatic heterocycles. The average Bonchev–Trinajstić information content (AvgIpc) is 2.38. The number of alkyl carbamates (subject to hydrolysis) is 1. The van der Waals surface area contributed by atoms with Crippen LogP contribution >= 0.6 is 11.8 Å². The van der Waals surface area contributed by atoms with E-state index in [0.29, 0.717) is 12.4 Å². The molecule has 0 aliphatic rings. The second-order valence-electron chi connectivity index (χ2n) is 4.00. The second kappa shape index (κ2) is 10.5. The minimum Gasteiger partial charge on any atom is -0.450 e. The van der Waals surface area contributed by atoms with Gasteiger partial charge < -0.3 is 15.4 Å². The van der Waals surface area contributed by atoms with E-state index in [-0.39, 0.29) is 5.91 Å². The van der Waals surface area contributed by atoms with Crippen LogP contribution in [0.4, 0.5) is 4.79 Å². The lowest BCUT2D eigenvalue weighted by Crippen LogP contribution is -2.50. The van der Waals surface area contributed by atoms with Crippen LogP contribution in [0.25, 0.3) is 0 Å². The maximum atomic E-state index is 11.8. The second-order valence-corrected chi connectivity index (χ2v) is 4.91. The third kappa shape index (κ3) is 8.32. The van der Waals surface area contributed by atoms with Crippen molar-refractivity contribution in [1.82, 2.24) is 10.6 Å². The summed E-state index contributed by atoms with van der Waals surface area (Å²) in [7, 11) is 0. The zero-order valence-corrected chi connectivity index (χ0v) is 12.4. The summed E-state index contributed by atoms with van der Waals surface area (Å²) in [5.41, 5.74) is 0. The van der Waals surface area contributed by atoms with Gasteiger partial charge in [0.05, 0.1) is 12.7 Å². The molecule has 0 aromatic heterocycles. The van der Waals surface area contributed by atoms with Gasteiger partial charge in [-0.1, -0.05) is 13.3 Å². The quantitative estimate of drug-likeness (QED) is 0.656. The maximum absolute atomic E-state index is 11.8. The molecule has 0 fully saturated rings. The van der Waals surface area contributed by atoms with Gasteiger partial charge in [-0.3, -0.25) is 4.79 Å². The Morgan fingerprint density at radius 3 is 2.63 bits per heavy atom. The Balaban J connectivity index is 4.27.